The van der Waals surface area contributed by atoms with Gasteiger partial charge in [-0.3, -0.25) is 9.59 Å². The fourth-order valence-electron chi connectivity index (χ4n) is 1.74. The van der Waals surface area contributed by atoms with E-state index in [0.717, 1.165) is 11.1 Å². The third-order valence-electron chi connectivity index (χ3n) is 2.80. The van der Waals surface area contributed by atoms with Crippen LogP contribution in [0.15, 0.2) is 24.3 Å². The topological polar surface area (TPSA) is 84.2 Å². The van der Waals surface area contributed by atoms with Crippen molar-refractivity contribution in [2.75, 3.05) is 0 Å². The van der Waals surface area contributed by atoms with Crippen LogP contribution < -0.4 is 16.4 Å². The second-order valence-corrected chi connectivity index (χ2v) is 5.63. The van der Waals surface area contributed by atoms with Crippen LogP contribution in [0.4, 0.5) is 0 Å². The van der Waals surface area contributed by atoms with Gasteiger partial charge in [-0.05, 0) is 26.3 Å². The minimum Gasteiger partial charge on any atom is -0.389 e. The number of carbonyl (C=O) groups excluding carboxylic acids is 2. The summed E-state index contributed by atoms with van der Waals surface area (Å²) in [4.78, 5) is 23.9. The Labute approximate surface area is 130 Å². The summed E-state index contributed by atoms with van der Waals surface area (Å²) in [6.45, 7) is 5.40. The Morgan fingerprint density at radius 1 is 1.14 bits per heavy atom. The van der Waals surface area contributed by atoms with E-state index in [2.05, 4.69) is 10.6 Å². The lowest BCUT2D eigenvalue weighted by Crippen LogP contribution is -2.47. The summed E-state index contributed by atoms with van der Waals surface area (Å²) in [7, 11) is 0. The normalized spacial score (nSPS) is 11.8. The van der Waals surface area contributed by atoms with Crippen LogP contribution in [-0.4, -0.2) is 28.9 Å². The van der Waals surface area contributed by atoms with Crippen molar-refractivity contribution in [3.63, 3.8) is 0 Å². The Kier molecular flexibility index (Phi) is 6.30. The van der Waals surface area contributed by atoms with E-state index in [4.69, 9.17) is 18.0 Å². The van der Waals surface area contributed by atoms with Crippen LogP contribution in [0.5, 0.6) is 0 Å². The van der Waals surface area contributed by atoms with Crippen molar-refractivity contribution in [1.29, 1.82) is 0 Å². The lowest BCUT2D eigenvalue weighted by atomic mass is 10.1. The molecule has 0 saturated heterocycles. The molecular formula is C15H21N3O2S. The molecule has 0 radical (unpaired) electrons. The minimum atomic E-state index is -0.559. The number of nitrogens with two attached hydrogens (primary N) is 1. The first-order valence-electron chi connectivity index (χ1n) is 6.78. The maximum Gasteiger partial charge on any atom is 0.242 e. The van der Waals surface area contributed by atoms with Gasteiger partial charge in [0.05, 0.1) is 6.42 Å². The van der Waals surface area contributed by atoms with Crippen molar-refractivity contribution in [3.05, 3.63) is 35.4 Å². The molecule has 1 atom stereocenters. The molecule has 0 aliphatic heterocycles. The average Bonchev–Trinajstić information content (AvgIpc) is 2.38. The first kappa shape index (κ1) is 17.1. The van der Waals surface area contributed by atoms with Crippen LogP contribution >= 0.6 is 12.2 Å². The molecular weight excluding hydrogens is 286 g/mol. The molecule has 0 spiro atoms. The number of amides is 2. The van der Waals surface area contributed by atoms with Crippen molar-refractivity contribution in [2.45, 2.75) is 39.3 Å². The number of thiocarbonyl (C=S) groups is 1. The molecule has 114 valence electrons. The number of rotatable bonds is 6. The van der Waals surface area contributed by atoms with Gasteiger partial charge in [0.15, 0.2) is 0 Å². The summed E-state index contributed by atoms with van der Waals surface area (Å²) in [5.41, 5.74) is 7.11. The summed E-state index contributed by atoms with van der Waals surface area (Å²) < 4.78 is 0. The summed E-state index contributed by atoms with van der Waals surface area (Å²) in [6.07, 6.45) is 0.205. The van der Waals surface area contributed by atoms with E-state index in [1.54, 1.807) is 31.2 Å². The van der Waals surface area contributed by atoms with Crippen LogP contribution in [0.2, 0.25) is 0 Å². The Morgan fingerprint density at radius 3 is 2.19 bits per heavy atom. The van der Waals surface area contributed by atoms with Crippen molar-refractivity contribution in [2.24, 2.45) is 5.73 Å². The zero-order valence-corrected chi connectivity index (χ0v) is 13.3. The highest BCUT2D eigenvalue weighted by Gasteiger charge is 2.16. The van der Waals surface area contributed by atoms with Gasteiger partial charge in [-0.25, -0.2) is 0 Å². The van der Waals surface area contributed by atoms with E-state index >= 15 is 0 Å². The Bertz CT molecular complexity index is 526. The lowest BCUT2D eigenvalue weighted by molar-refractivity contribution is -0.128. The lowest BCUT2D eigenvalue weighted by Gasteiger charge is -2.16. The van der Waals surface area contributed by atoms with Gasteiger partial charge >= 0.3 is 0 Å². The molecule has 5 nitrogen and oxygen atoms in total. The van der Waals surface area contributed by atoms with Crippen molar-refractivity contribution in [3.8, 4) is 0 Å². The number of nitrogens with one attached hydrogen (secondary N) is 2. The third kappa shape index (κ3) is 5.91. The van der Waals surface area contributed by atoms with Crippen LogP contribution in [-0.2, 0) is 16.0 Å². The standard InChI is InChI=1S/C15H21N3O2S/c1-9(2)17-15(20)10(3)18-13(19)8-11-4-6-12(7-5-11)14(16)21/h4-7,9-10H,8H2,1-3H3,(H2,16,21)(H,17,20)(H,18,19). The van der Waals surface area contributed by atoms with Gasteiger partial charge in [0.1, 0.15) is 11.0 Å². The van der Waals surface area contributed by atoms with Gasteiger partial charge in [0.2, 0.25) is 11.8 Å². The van der Waals surface area contributed by atoms with Crippen LogP contribution in [0, 0.1) is 0 Å². The monoisotopic (exact) mass is 307 g/mol. The van der Waals surface area contributed by atoms with E-state index in [-0.39, 0.29) is 24.3 Å². The Morgan fingerprint density at radius 2 is 1.71 bits per heavy atom. The van der Waals surface area contributed by atoms with Gasteiger partial charge < -0.3 is 16.4 Å². The molecule has 2 amide bonds. The second-order valence-electron chi connectivity index (χ2n) is 5.19. The number of carbonyl (C=O) groups is 2. The van der Waals surface area contributed by atoms with Crippen molar-refractivity contribution >= 4 is 29.0 Å². The average molecular weight is 307 g/mol. The molecule has 6 heteroatoms. The predicted molar refractivity (Wildman–Crippen MR) is 86.9 cm³/mol. The van der Waals surface area contributed by atoms with Crippen molar-refractivity contribution in [1.82, 2.24) is 10.6 Å². The van der Waals surface area contributed by atoms with E-state index in [1.165, 1.54) is 0 Å². The van der Waals surface area contributed by atoms with Gasteiger partial charge in [0, 0.05) is 11.6 Å². The third-order valence-corrected chi connectivity index (χ3v) is 3.04. The smallest absolute Gasteiger partial charge is 0.242 e. The summed E-state index contributed by atoms with van der Waals surface area (Å²) in [6, 6.07) is 6.64. The molecule has 0 aromatic heterocycles. The van der Waals surface area contributed by atoms with Gasteiger partial charge in [-0.2, -0.15) is 0 Å². The predicted octanol–water partition coefficient (Wildman–Crippen LogP) is 0.893. The fourth-order valence-corrected chi connectivity index (χ4v) is 1.88. The number of hydrogen-bond acceptors (Lipinski definition) is 3. The minimum absolute atomic E-state index is 0.0458. The highest BCUT2D eigenvalue weighted by molar-refractivity contribution is 7.80. The molecule has 0 aliphatic carbocycles. The number of hydrogen-bond donors (Lipinski definition) is 3. The highest BCUT2D eigenvalue weighted by Crippen LogP contribution is 2.05. The van der Waals surface area contributed by atoms with Crippen LogP contribution in [0.25, 0.3) is 0 Å². The molecule has 4 N–H and O–H groups in total. The van der Waals surface area contributed by atoms with E-state index < -0.39 is 6.04 Å². The molecule has 1 aromatic carbocycles. The quantitative estimate of drug-likeness (QED) is 0.682. The maximum atomic E-state index is 11.9. The molecule has 0 fully saturated rings. The zero-order valence-electron chi connectivity index (χ0n) is 12.5. The Hall–Kier alpha value is -1.95. The molecule has 1 unspecified atom stereocenters. The summed E-state index contributed by atoms with van der Waals surface area (Å²) in [5.74, 6) is -0.397. The van der Waals surface area contributed by atoms with E-state index in [9.17, 15) is 9.59 Å². The van der Waals surface area contributed by atoms with E-state index in [0.29, 0.717) is 4.99 Å². The van der Waals surface area contributed by atoms with Gasteiger partial charge in [0.25, 0.3) is 0 Å². The largest absolute Gasteiger partial charge is 0.389 e. The van der Waals surface area contributed by atoms with E-state index in [1.807, 2.05) is 13.8 Å². The molecule has 0 heterocycles. The van der Waals surface area contributed by atoms with Crippen LogP contribution in [0.3, 0.4) is 0 Å². The maximum absolute atomic E-state index is 11.9. The second kappa shape index (κ2) is 7.73. The first-order valence-corrected chi connectivity index (χ1v) is 7.19. The molecule has 0 saturated carbocycles. The zero-order chi connectivity index (χ0) is 16.0. The molecule has 1 aromatic rings. The summed E-state index contributed by atoms with van der Waals surface area (Å²) in [5, 5.41) is 5.42. The molecule has 1 rings (SSSR count). The van der Waals surface area contributed by atoms with Crippen LogP contribution in [0.1, 0.15) is 31.9 Å². The first-order chi connectivity index (χ1) is 9.79. The molecule has 21 heavy (non-hydrogen) atoms. The highest BCUT2D eigenvalue weighted by atomic mass is 32.1. The van der Waals surface area contributed by atoms with Crippen molar-refractivity contribution < 1.29 is 9.59 Å². The number of benzene rings is 1. The molecule has 0 aliphatic rings. The van der Waals surface area contributed by atoms with Gasteiger partial charge in [-0.1, -0.05) is 36.5 Å². The summed E-state index contributed by atoms with van der Waals surface area (Å²) >= 11 is 4.87. The van der Waals surface area contributed by atoms with Gasteiger partial charge in [-0.15, -0.1) is 0 Å². The fraction of sp³-hybridized carbons (Fsp3) is 0.400. The Balaban J connectivity index is 2.53. The molecule has 0 bridgehead atoms. The SMILES string of the molecule is CC(C)NC(=O)C(C)NC(=O)Cc1ccc(C(N)=S)cc1.